The van der Waals surface area contributed by atoms with Crippen molar-refractivity contribution in [2.75, 3.05) is 0 Å². The normalized spacial score (nSPS) is 25.6. The molecule has 2 aliphatic rings. The first-order chi connectivity index (χ1) is 7.84. The van der Waals surface area contributed by atoms with Gasteiger partial charge in [-0.3, -0.25) is 16.0 Å². The van der Waals surface area contributed by atoms with Gasteiger partial charge in [0.1, 0.15) is 0 Å². The van der Waals surface area contributed by atoms with E-state index in [-0.39, 0.29) is 0 Å². The zero-order valence-electron chi connectivity index (χ0n) is 10.3. The number of rotatable bonds is 2. The van der Waals surface area contributed by atoms with Gasteiger partial charge in [-0.25, -0.2) is 0 Å². The molecule has 0 aromatic carbocycles. The largest absolute Gasteiger partial charge is 0.341 e. The summed E-state index contributed by atoms with van der Waals surface area (Å²) in [5, 5.41) is 3.45. The smallest absolute Gasteiger partial charge is 0.291 e. The van der Waals surface area contributed by atoms with Gasteiger partial charge in [-0.15, -0.1) is 0 Å². The molecule has 2 aliphatic carbocycles. The summed E-state index contributed by atoms with van der Waals surface area (Å²) in [5.41, 5.74) is 6.03. The average molecular weight is 224 g/mol. The summed E-state index contributed by atoms with van der Waals surface area (Å²) in [5.74, 6) is 0.818. The van der Waals surface area contributed by atoms with E-state index in [0.29, 0.717) is 12.1 Å². The second-order valence-corrected chi connectivity index (χ2v) is 5.37. The fourth-order valence-corrected chi connectivity index (χ4v) is 2.98. The molecule has 0 unspecified atom stereocenters. The van der Waals surface area contributed by atoms with Crippen LogP contribution in [-0.2, 0) is 0 Å². The van der Waals surface area contributed by atoms with Crippen molar-refractivity contribution in [3.8, 4) is 0 Å². The lowest BCUT2D eigenvalue weighted by Crippen LogP contribution is -2.85. The zero-order valence-corrected chi connectivity index (χ0v) is 10.3. The van der Waals surface area contributed by atoms with Crippen LogP contribution in [-0.4, -0.2) is 18.0 Å². The van der Waals surface area contributed by atoms with E-state index in [1.807, 2.05) is 0 Å². The summed E-state index contributed by atoms with van der Waals surface area (Å²) in [4.78, 5) is 3.45. The van der Waals surface area contributed by atoms with Crippen LogP contribution in [0.4, 0.5) is 0 Å². The monoisotopic (exact) mass is 224 g/mol. The van der Waals surface area contributed by atoms with Crippen LogP contribution < -0.4 is 16.0 Å². The highest BCUT2D eigenvalue weighted by Gasteiger charge is 2.19. The molecule has 0 spiro atoms. The van der Waals surface area contributed by atoms with Gasteiger partial charge in [0.15, 0.2) is 0 Å². The Kier molecular flexibility index (Phi) is 4.49. The van der Waals surface area contributed by atoms with E-state index >= 15 is 0 Å². The molecular weight excluding hydrogens is 198 g/mol. The van der Waals surface area contributed by atoms with Gasteiger partial charge < -0.3 is 0 Å². The Morgan fingerprint density at radius 2 is 1.44 bits per heavy atom. The van der Waals surface area contributed by atoms with E-state index in [0.717, 1.165) is 5.96 Å². The molecule has 0 aromatic rings. The lowest BCUT2D eigenvalue weighted by Gasteiger charge is -2.21. The average Bonchev–Trinajstić information content (AvgIpc) is 2.31. The third-order valence-corrected chi connectivity index (χ3v) is 3.93. The van der Waals surface area contributed by atoms with Crippen LogP contribution in [0.5, 0.6) is 0 Å². The lowest BCUT2D eigenvalue weighted by atomic mass is 9.95. The third kappa shape index (κ3) is 3.69. The maximum absolute atomic E-state index is 6.03. The summed E-state index contributed by atoms with van der Waals surface area (Å²) in [7, 11) is 0. The van der Waals surface area contributed by atoms with E-state index in [2.05, 4.69) is 10.3 Å². The molecular formula is C13H26N3+. The highest BCUT2D eigenvalue weighted by molar-refractivity contribution is 5.72. The van der Waals surface area contributed by atoms with E-state index in [1.165, 1.54) is 64.2 Å². The molecule has 0 aromatic heterocycles. The minimum absolute atomic E-state index is 0.616. The van der Waals surface area contributed by atoms with Crippen molar-refractivity contribution in [2.45, 2.75) is 76.3 Å². The van der Waals surface area contributed by atoms with Crippen molar-refractivity contribution >= 4 is 5.96 Å². The summed E-state index contributed by atoms with van der Waals surface area (Å²) in [6.45, 7) is 0. The van der Waals surface area contributed by atoms with Gasteiger partial charge in [0.05, 0.1) is 12.1 Å². The first-order valence-electron chi connectivity index (χ1n) is 7.00. The quantitative estimate of drug-likeness (QED) is 0.476. The van der Waals surface area contributed by atoms with Crippen LogP contribution in [0, 0.1) is 0 Å². The molecule has 92 valence electrons. The Morgan fingerprint density at radius 1 is 0.875 bits per heavy atom. The van der Waals surface area contributed by atoms with Crippen molar-refractivity contribution in [2.24, 2.45) is 5.73 Å². The standard InChI is InChI=1S/C13H25N3/c14-13(15-11-7-3-1-4-8-11)16-12-9-5-2-6-10-12/h11-12H,1-10H2,(H3,14,15,16)/p+1. The Bertz CT molecular complexity index is 225. The molecule has 16 heavy (non-hydrogen) atoms. The summed E-state index contributed by atoms with van der Waals surface area (Å²) >= 11 is 0. The zero-order chi connectivity index (χ0) is 11.2. The summed E-state index contributed by atoms with van der Waals surface area (Å²) in [6, 6.07) is 1.23. The molecule has 0 heterocycles. The summed E-state index contributed by atoms with van der Waals surface area (Å²) < 4.78 is 0. The predicted molar refractivity (Wildman–Crippen MR) is 67.0 cm³/mol. The fraction of sp³-hybridized carbons (Fsp3) is 0.923. The highest BCUT2D eigenvalue weighted by Crippen LogP contribution is 2.17. The minimum atomic E-state index is 0.616. The first kappa shape index (κ1) is 11.7. The van der Waals surface area contributed by atoms with Crippen LogP contribution in [0.3, 0.4) is 0 Å². The van der Waals surface area contributed by atoms with Crippen LogP contribution in [0.2, 0.25) is 0 Å². The maximum atomic E-state index is 6.03. The second-order valence-electron chi connectivity index (χ2n) is 5.37. The number of hydrogen-bond donors (Lipinski definition) is 3. The molecule has 0 atom stereocenters. The topological polar surface area (TPSA) is 52.0 Å². The predicted octanol–water partition coefficient (Wildman–Crippen LogP) is 0.637. The second kappa shape index (κ2) is 6.12. The van der Waals surface area contributed by atoms with Crippen molar-refractivity contribution in [3.63, 3.8) is 0 Å². The SMILES string of the molecule is NC(NC1CCCCC1)=[NH+]C1CCCCC1. The molecule has 2 fully saturated rings. The number of hydrogen-bond acceptors (Lipinski definition) is 0. The third-order valence-electron chi connectivity index (χ3n) is 3.93. The molecule has 3 heteroatoms. The molecule has 0 radical (unpaired) electrons. The molecule has 0 aliphatic heterocycles. The van der Waals surface area contributed by atoms with Crippen molar-refractivity contribution in [3.05, 3.63) is 0 Å². The van der Waals surface area contributed by atoms with E-state index < -0.39 is 0 Å². The van der Waals surface area contributed by atoms with Crippen molar-refractivity contribution in [1.29, 1.82) is 0 Å². The van der Waals surface area contributed by atoms with E-state index in [1.54, 1.807) is 0 Å². The van der Waals surface area contributed by atoms with Crippen LogP contribution in [0.25, 0.3) is 0 Å². The first-order valence-corrected chi connectivity index (χ1v) is 7.00. The van der Waals surface area contributed by atoms with E-state index in [9.17, 15) is 0 Å². The number of nitrogens with two attached hydrogens (primary N) is 1. The van der Waals surface area contributed by atoms with Crippen LogP contribution in [0.15, 0.2) is 0 Å². The van der Waals surface area contributed by atoms with Gasteiger partial charge in [0.2, 0.25) is 0 Å². The van der Waals surface area contributed by atoms with Crippen molar-refractivity contribution in [1.82, 2.24) is 5.32 Å². The Labute approximate surface area is 98.9 Å². The van der Waals surface area contributed by atoms with Gasteiger partial charge in [-0.2, -0.15) is 0 Å². The van der Waals surface area contributed by atoms with E-state index in [4.69, 9.17) is 5.73 Å². The Hall–Kier alpha value is -0.730. The fourth-order valence-electron chi connectivity index (χ4n) is 2.98. The molecule has 0 amide bonds. The Morgan fingerprint density at radius 3 is 2.06 bits per heavy atom. The molecule has 4 N–H and O–H groups in total. The van der Waals surface area contributed by atoms with Crippen LogP contribution in [0.1, 0.15) is 64.2 Å². The molecule has 0 bridgehead atoms. The molecule has 0 saturated heterocycles. The van der Waals surface area contributed by atoms with Gasteiger partial charge in [0, 0.05) is 0 Å². The van der Waals surface area contributed by atoms with Crippen molar-refractivity contribution < 1.29 is 4.99 Å². The van der Waals surface area contributed by atoms with Gasteiger partial charge in [-0.1, -0.05) is 38.5 Å². The maximum Gasteiger partial charge on any atom is 0.341 e. The number of guanidine groups is 1. The summed E-state index contributed by atoms with van der Waals surface area (Å²) in [6.07, 6.45) is 13.4. The van der Waals surface area contributed by atoms with Gasteiger partial charge in [0.25, 0.3) is 0 Å². The highest BCUT2D eigenvalue weighted by atomic mass is 15.1. The molecule has 3 nitrogen and oxygen atoms in total. The Balaban J connectivity index is 1.76. The van der Waals surface area contributed by atoms with Crippen LogP contribution >= 0.6 is 0 Å². The molecule has 2 saturated carbocycles. The van der Waals surface area contributed by atoms with Gasteiger partial charge in [-0.05, 0) is 25.7 Å². The molecule has 2 rings (SSSR count). The minimum Gasteiger partial charge on any atom is -0.291 e. The lowest BCUT2D eigenvalue weighted by molar-refractivity contribution is -0.510. The van der Waals surface area contributed by atoms with Gasteiger partial charge >= 0.3 is 5.96 Å². The number of nitrogens with one attached hydrogen (secondary N) is 2.